The van der Waals surface area contributed by atoms with Gasteiger partial charge in [-0.2, -0.15) is 0 Å². The highest BCUT2D eigenvalue weighted by atomic mass is 16.5. The van der Waals surface area contributed by atoms with E-state index in [0.29, 0.717) is 5.75 Å². The first-order valence-corrected chi connectivity index (χ1v) is 4.98. The zero-order valence-electron chi connectivity index (χ0n) is 10.0. The summed E-state index contributed by atoms with van der Waals surface area (Å²) in [6.45, 7) is 5.94. The molecule has 0 saturated heterocycles. The minimum Gasteiger partial charge on any atom is -0.508 e. The fourth-order valence-electron chi connectivity index (χ4n) is 1.24. The van der Waals surface area contributed by atoms with Crippen LogP contribution in [0.4, 0.5) is 5.69 Å². The first-order valence-electron chi connectivity index (χ1n) is 4.98. The molecule has 0 aliphatic carbocycles. The average Bonchev–Trinajstić information content (AvgIpc) is 1.99. The van der Waals surface area contributed by atoms with Gasteiger partial charge in [0.1, 0.15) is 17.1 Å². The molecular weight excluding hydrogens is 190 g/mol. The van der Waals surface area contributed by atoms with Gasteiger partial charge in [0.15, 0.2) is 0 Å². The van der Waals surface area contributed by atoms with Gasteiger partial charge in [0, 0.05) is 38.0 Å². The summed E-state index contributed by atoms with van der Waals surface area (Å²) in [7, 11) is 3.85. The Morgan fingerprint density at radius 1 is 1.13 bits per heavy atom. The molecule has 0 heterocycles. The maximum atomic E-state index is 9.53. The van der Waals surface area contributed by atoms with Gasteiger partial charge in [0.2, 0.25) is 0 Å². The Kier molecular flexibility index (Phi) is 3.12. The van der Waals surface area contributed by atoms with Crippen molar-refractivity contribution in [2.45, 2.75) is 26.4 Å². The number of rotatable bonds is 2. The summed E-state index contributed by atoms with van der Waals surface area (Å²) in [6.07, 6.45) is 0. The average molecular weight is 209 g/mol. The number of ether oxygens (including phenoxy) is 1. The van der Waals surface area contributed by atoms with Crippen LogP contribution < -0.4 is 9.64 Å². The zero-order valence-corrected chi connectivity index (χ0v) is 10.0. The minimum absolute atomic E-state index is 0.223. The number of nitrogens with zero attached hydrogens (tertiary/aromatic N) is 1. The Morgan fingerprint density at radius 3 is 2.20 bits per heavy atom. The lowest BCUT2D eigenvalue weighted by atomic mass is 10.2. The molecule has 0 unspecified atom stereocenters. The van der Waals surface area contributed by atoms with Gasteiger partial charge in [-0.1, -0.05) is 0 Å². The quantitative estimate of drug-likeness (QED) is 0.812. The number of hydrogen-bond acceptors (Lipinski definition) is 3. The van der Waals surface area contributed by atoms with Gasteiger partial charge in [-0.15, -0.1) is 0 Å². The summed E-state index contributed by atoms with van der Waals surface area (Å²) >= 11 is 0. The third kappa shape index (κ3) is 3.70. The number of hydrogen-bond donors (Lipinski definition) is 1. The summed E-state index contributed by atoms with van der Waals surface area (Å²) in [4.78, 5) is 1.93. The normalized spacial score (nSPS) is 11.3. The van der Waals surface area contributed by atoms with Crippen molar-refractivity contribution >= 4 is 5.69 Å². The molecule has 1 aromatic rings. The van der Waals surface area contributed by atoms with Gasteiger partial charge in [0.25, 0.3) is 0 Å². The molecule has 0 aliphatic rings. The van der Waals surface area contributed by atoms with Crippen molar-refractivity contribution < 1.29 is 9.84 Å². The minimum atomic E-state index is -0.253. The number of benzene rings is 1. The largest absolute Gasteiger partial charge is 0.508 e. The first-order chi connectivity index (χ1) is 6.78. The molecule has 15 heavy (non-hydrogen) atoms. The van der Waals surface area contributed by atoms with E-state index in [0.717, 1.165) is 5.69 Å². The maximum Gasteiger partial charge on any atom is 0.125 e. The van der Waals surface area contributed by atoms with E-state index in [-0.39, 0.29) is 11.4 Å². The SMILES string of the molecule is CN(C)c1cc(O)cc(OC(C)(C)C)c1. The van der Waals surface area contributed by atoms with E-state index in [1.807, 2.05) is 45.8 Å². The van der Waals surface area contributed by atoms with Crippen molar-refractivity contribution in [3.05, 3.63) is 18.2 Å². The number of phenolic OH excluding ortho intramolecular Hbond substituents is 1. The smallest absolute Gasteiger partial charge is 0.125 e. The van der Waals surface area contributed by atoms with E-state index in [1.54, 1.807) is 12.1 Å². The Hall–Kier alpha value is -1.38. The van der Waals surface area contributed by atoms with E-state index < -0.39 is 0 Å². The second-order valence-electron chi connectivity index (χ2n) is 4.79. The topological polar surface area (TPSA) is 32.7 Å². The van der Waals surface area contributed by atoms with Crippen molar-refractivity contribution in [3.63, 3.8) is 0 Å². The van der Waals surface area contributed by atoms with Crippen molar-refractivity contribution in [2.75, 3.05) is 19.0 Å². The molecule has 3 nitrogen and oxygen atoms in total. The molecule has 0 aliphatic heterocycles. The van der Waals surface area contributed by atoms with Gasteiger partial charge in [-0.3, -0.25) is 0 Å². The fraction of sp³-hybridized carbons (Fsp3) is 0.500. The van der Waals surface area contributed by atoms with Gasteiger partial charge in [-0.05, 0) is 20.8 Å². The van der Waals surface area contributed by atoms with Crippen molar-refractivity contribution in [2.24, 2.45) is 0 Å². The van der Waals surface area contributed by atoms with Gasteiger partial charge in [-0.25, -0.2) is 0 Å². The van der Waals surface area contributed by atoms with Crippen LogP contribution in [0.5, 0.6) is 11.5 Å². The molecule has 0 spiro atoms. The molecule has 3 heteroatoms. The van der Waals surface area contributed by atoms with Crippen LogP contribution in [0.2, 0.25) is 0 Å². The van der Waals surface area contributed by atoms with Gasteiger partial charge >= 0.3 is 0 Å². The summed E-state index contributed by atoms with van der Waals surface area (Å²) in [6, 6.07) is 5.23. The molecule has 1 aromatic carbocycles. The predicted octanol–water partition coefficient (Wildman–Crippen LogP) is 2.64. The van der Waals surface area contributed by atoms with E-state index in [9.17, 15) is 5.11 Å². The molecular formula is C12H19NO2. The summed E-state index contributed by atoms with van der Waals surface area (Å²) < 4.78 is 5.69. The molecule has 0 fully saturated rings. The highest BCUT2D eigenvalue weighted by molar-refractivity contribution is 5.54. The third-order valence-electron chi connectivity index (χ3n) is 1.82. The number of phenols is 1. The second kappa shape index (κ2) is 4.01. The Morgan fingerprint density at radius 2 is 1.73 bits per heavy atom. The van der Waals surface area contributed by atoms with Crippen LogP contribution in [0.15, 0.2) is 18.2 Å². The molecule has 0 atom stereocenters. The molecule has 0 amide bonds. The van der Waals surface area contributed by atoms with Crippen LogP contribution in [-0.2, 0) is 0 Å². The van der Waals surface area contributed by atoms with Gasteiger partial charge in [0.05, 0.1) is 0 Å². The molecule has 1 N–H and O–H groups in total. The maximum absolute atomic E-state index is 9.53. The highest BCUT2D eigenvalue weighted by Crippen LogP contribution is 2.28. The van der Waals surface area contributed by atoms with Crippen LogP contribution in [0.25, 0.3) is 0 Å². The van der Waals surface area contributed by atoms with Crippen molar-refractivity contribution in [3.8, 4) is 11.5 Å². The number of anilines is 1. The lowest BCUT2D eigenvalue weighted by Gasteiger charge is -2.23. The van der Waals surface area contributed by atoms with Crippen LogP contribution in [0.1, 0.15) is 20.8 Å². The standard InChI is InChI=1S/C12H19NO2/c1-12(2,3)15-11-7-9(13(4)5)6-10(14)8-11/h6-8,14H,1-5H3. The lowest BCUT2D eigenvalue weighted by molar-refractivity contribution is 0.130. The lowest BCUT2D eigenvalue weighted by Crippen LogP contribution is -2.23. The van der Waals surface area contributed by atoms with E-state index in [4.69, 9.17) is 4.74 Å². The molecule has 84 valence electrons. The number of aromatic hydroxyl groups is 1. The van der Waals surface area contributed by atoms with Gasteiger partial charge < -0.3 is 14.7 Å². The predicted molar refractivity (Wildman–Crippen MR) is 62.8 cm³/mol. The monoisotopic (exact) mass is 209 g/mol. The third-order valence-corrected chi connectivity index (χ3v) is 1.82. The molecule has 0 bridgehead atoms. The summed E-state index contributed by atoms with van der Waals surface area (Å²) in [5, 5.41) is 9.53. The molecule has 0 saturated carbocycles. The van der Waals surface area contributed by atoms with E-state index in [2.05, 4.69) is 0 Å². The van der Waals surface area contributed by atoms with Crippen molar-refractivity contribution in [1.82, 2.24) is 0 Å². The van der Waals surface area contributed by atoms with E-state index >= 15 is 0 Å². The van der Waals surface area contributed by atoms with Crippen LogP contribution >= 0.6 is 0 Å². The Bertz CT molecular complexity index is 340. The van der Waals surface area contributed by atoms with Crippen LogP contribution in [0.3, 0.4) is 0 Å². The molecule has 1 rings (SSSR count). The fourth-order valence-corrected chi connectivity index (χ4v) is 1.24. The zero-order chi connectivity index (χ0) is 11.6. The van der Waals surface area contributed by atoms with E-state index in [1.165, 1.54) is 0 Å². The summed E-state index contributed by atoms with van der Waals surface area (Å²) in [5.74, 6) is 0.909. The first kappa shape index (κ1) is 11.7. The van der Waals surface area contributed by atoms with Crippen LogP contribution in [0, 0.1) is 0 Å². The molecule has 0 aromatic heterocycles. The van der Waals surface area contributed by atoms with Crippen LogP contribution in [-0.4, -0.2) is 24.8 Å². The highest BCUT2D eigenvalue weighted by Gasteiger charge is 2.13. The second-order valence-corrected chi connectivity index (χ2v) is 4.79. The van der Waals surface area contributed by atoms with Crippen molar-refractivity contribution in [1.29, 1.82) is 0 Å². The Balaban J connectivity index is 2.99. The molecule has 0 radical (unpaired) electrons. The Labute approximate surface area is 91.3 Å². The summed E-state index contributed by atoms with van der Waals surface area (Å²) in [5.41, 5.74) is 0.673.